The standard InChI is InChI=1S/C26H27N3O6S/c1-18-4-7-21(8-5-18)29(36(31,32)23-11-9-22(33-3)10-12-23)17-26(30)28-27-19(2)20-6-13-24-25(16-20)35-15-14-34-24/h4-13,16H,14-15,17H2,1-3H3,(H,28,30)/b27-19+. The smallest absolute Gasteiger partial charge is 0.264 e. The Balaban J connectivity index is 1.55. The summed E-state index contributed by atoms with van der Waals surface area (Å²) in [6.07, 6.45) is 0. The van der Waals surface area contributed by atoms with Gasteiger partial charge in [-0.3, -0.25) is 9.10 Å². The van der Waals surface area contributed by atoms with E-state index in [4.69, 9.17) is 14.2 Å². The molecular formula is C26H27N3O6S. The van der Waals surface area contributed by atoms with E-state index >= 15 is 0 Å². The van der Waals surface area contributed by atoms with E-state index in [2.05, 4.69) is 10.5 Å². The summed E-state index contributed by atoms with van der Waals surface area (Å²) in [5, 5.41) is 4.16. The molecule has 0 bridgehead atoms. The van der Waals surface area contributed by atoms with Gasteiger partial charge < -0.3 is 14.2 Å². The van der Waals surface area contributed by atoms with Crippen LogP contribution in [0, 0.1) is 6.92 Å². The van der Waals surface area contributed by atoms with Crippen molar-refractivity contribution in [2.75, 3.05) is 31.2 Å². The molecule has 0 unspecified atom stereocenters. The van der Waals surface area contributed by atoms with Crippen molar-refractivity contribution >= 4 is 27.3 Å². The summed E-state index contributed by atoms with van der Waals surface area (Å²) < 4.78 is 44.3. The van der Waals surface area contributed by atoms with Gasteiger partial charge in [0.15, 0.2) is 11.5 Å². The van der Waals surface area contributed by atoms with Gasteiger partial charge in [0.25, 0.3) is 15.9 Å². The van der Waals surface area contributed by atoms with Crippen LogP contribution in [-0.2, 0) is 14.8 Å². The van der Waals surface area contributed by atoms with Crippen LogP contribution in [0.4, 0.5) is 5.69 Å². The number of ether oxygens (including phenoxy) is 3. The van der Waals surface area contributed by atoms with Gasteiger partial charge in [0.1, 0.15) is 25.5 Å². The molecule has 36 heavy (non-hydrogen) atoms. The van der Waals surface area contributed by atoms with Gasteiger partial charge in [-0.1, -0.05) is 17.7 Å². The van der Waals surface area contributed by atoms with Crippen LogP contribution in [0.25, 0.3) is 0 Å². The molecule has 0 radical (unpaired) electrons. The lowest BCUT2D eigenvalue weighted by atomic mass is 10.1. The lowest BCUT2D eigenvalue weighted by Gasteiger charge is -2.24. The second-order valence-corrected chi connectivity index (χ2v) is 9.98. The number of fused-ring (bicyclic) bond motifs is 1. The number of carbonyl (C=O) groups is 1. The number of methoxy groups -OCH3 is 1. The summed E-state index contributed by atoms with van der Waals surface area (Å²) in [6.45, 7) is 4.12. The first kappa shape index (κ1) is 25.1. The Bertz CT molecular complexity index is 1370. The molecule has 0 spiro atoms. The Morgan fingerprint density at radius 2 is 1.67 bits per heavy atom. The van der Waals surface area contributed by atoms with Crippen LogP contribution in [0.1, 0.15) is 18.1 Å². The minimum absolute atomic E-state index is 0.0348. The fourth-order valence-corrected chi connectivity index (χ4v) is 4.97. The van der Waals surface area contributed by atoms with E-state index in [9.17, 15) is 13.2 Å². The molecule has 0 saturated heterocycles. The number of rotatable bonds is 8. The highest BCUT2D eigenvalue weighted by molar-refractivity contribution is 7.92. The monoisotopic (exact) mass is 509 g/mol. The third kappa shape index (κ3) is 5.60. The van der Waals surface area contributed by atoms with Gasteiger partial charge in [-0.2, -0.15) is 5.10 Å². The number of hydrogen-bond acceptors (Lipinski definition) is 7. The summed E-state index contributed by atoms with van der Waals surface area (Å²) in [5.74, 6) is 1.19. The fraction of sp³-hybridized carbons (Fsp3) is 0.231. The zero-order valence-corrected chi connectivity index (χ0v) is 21.0. The van der Waals surface area contributed by atoms with E-state index in [1.165, 1.54) is 19.2 Å². The Kier molecular flexibility index (Phi) is 7.44. The number of carbonyl (C=O) groups excluding carboxylic acids is 1. The molecule has 1 aliphatic rings. The van der Waals surface area contributed by atoms with Crippen molar-refractivity contribution in [3.63, 3.8) is 0 Å². The van der Waals surface area contributed by atoms with Crippen molar-refractivity contribution in [2.45, 2.75) is 18.7 Å². The normalized spacial score (nSPS) is 13.1. The maximum atomic E-state index is 13.5. The van der Waals surface area contributed by atoms with Crippen LogP contribution in [0.2, 0.25) is 0 Å². The van der Waals surface area contributed by atoms with E-state index < -0.39 is 22.5 Å². The Morgan fingerprint density at radius 1 is 1.00 bits per heavy atom. The number of benzene rings is 3. The number of anilines is 1. The second-order valence-electron chi connectivity index (χ2n) is 8.11. The lowest BCUT2D eigenvalue weighted by molar-refractivity contribution is -0.119. The maximum absolute atomic E-state index is 13.5. The highest BCUT2D eigenvalue weighted by Gasteiger charge is 2.27. The summed E-state index contributed by atoms with van der Waals surface area (Å²) in [6, 6.07) is 18.3. The number of hydrogen-bond donors (Lipinski definition) is 1. The number of sulfonamides is 1. The number of nitrogens with zero attached hydrogens (tertiary/aromatic N) is 2. The third-order valence-corrected chi connectivity index (χ3v) is 7.35. The molecule has 0 atom stereocenters. The highest BCUT2D eigenvalue weighted by Crippen LogP contribution is 2.31. The van der Waals surface area contributed by atoms with Crippen molar-refractivity contribution in [3.8, 4) is 17.2 Å². The van der Waals surface area contributed by atoms with Crippen molar-refractivity contribution < 1.29 is 27.4 Å². The Morgan fingerprint density at radius 3 is 2.33 bits per heavy atom. The molecule has 1 aliphatic heterocycles. The molecule has 188 valence electrons. The zero-order chi connectivity index (χ0) is 25.7. The Labute approximate surface area is 210 Å². The predicted octanol–water partition coefficient (Wildman–Crippen LogP) is 3.51. The predicted molar refractivity (Wildman–Crippen MR) is 136 cm³/mol. The van der Waals surface area contributed by atoms with E-state index in [-0.39, 0.29) is 4.90 Å². The van der Waals surface area contributed by atoms with Gasteiger partial charge in [-0.15, -0.1) is 0 Å². The molecule has 0 saturated carbocycles. The zero-order valence-electron chi connectivity index (χ0n) is 20.2. The molecule has 1 N–H and O–H groups in total. The van der Waals surface area contributed by atoms with Crippen LogP contribution in [0.3, 0.4) is 0 Å². The fourth-order valence-electron chi connectivity index (χ4n) is 3.55. The molecule has 1 amide bonds. The van der Waals surface area contributed by atoms with Crippen molar-refractivity contribution in [1.29, 1.82) is 0 Å². The van der Waals surface area contributed by atoms with Crippen molar-refractivity contribution in [3.05, 3.63) is 77.9 Å². The van der Waals surface area contributed by atoms with Crippen LogP contribution >= 0.6 is 0 Å². The highest BCUT2D eigenvalue weighted by atomic mass is 32.2. The average Bonchev–Trinajstić information content (AvgIpc) is 2.90. The molecule has 0 aromatic heterocycles. The van der Waals surface area contributed by atoms with Gasteiger partial charge in [0.05, 0.1) is 23.4 Å². The number of amides is 1. The molecule has 10 heteroatoms. The molecule has 0 fully saturated rings. The minimum Gasteiger partial charge on any atom is -0.497 e. The van der Waals surface area contributed by atoms with Gasteiger partial charge in [0, 0.05) is 5.56 Å². The van der Waals surface area contributed by atoms with Crippen molar-refractivity contribution in [2.24, 2.45) is 5.10 Å². The summed E-state index contributed by atoms with van der Waals surface area (Å²) >= 11 is 0. The maximum Gasteiger partial charge on any atom is 0.264 e. The summed E-state index contributed by atoms with van der Waals surface area (Å²) in [4.78, 5) is 12.9. The average molecular weight is 510 g/mol. The quantitative estimate of drug-likeness (QED) is 0.368. The number of nitrogens with one attached hydrogen (secondary N) is 1. The number of aryl methyl sites for hydroxylation is 1. The first-order chi connectivity index (χ1) is 17.3. The third-order valence-electron chi connectivity index (χ3n) is 5.56. The van der Waals surface area contributed by atoms with Gasteiger partial charge in [0.2, 0.25) is 0 Å². The molecule has 3 aromatic rings. The molecule has 0 aliphatic carbocycles. The number of hydrazone groups is 1. The van der Waals surface area contributed by atoms with Crippen LogP contribution in [-0.4, -0.2) is 46.9 Å². The molecule has 4 rings (SSSR count). The largest absolute Gasteiger partial charge is 0.497 e. The van der Waals surface area contributed by atoms with Crippen molar-refractivity contribution in [1.82, 2.24) is 5.43 Å². The first-order valence-corrected chi connectivity index (χ1v) is 12.7. The second kappa shape index (κ2) is 10.7. The Hall–Kier alpha value is -4.05. The van der Waals surface area contributed by atoms with Crippen LogP contribution in [0.5, 0.6) is 17.2 Å². The van der Waals surface area contributed by atoms with Crippen LogP contribution < -0.4 is 23.9 Å². The van der Waals surface area contributed by atoms with Gasteiger partial charge in [-0.05, 0) is 68.4 Å². The van der Waals surface area contributed by atoms with E-state index in [1.807, 2.05) is 13.0 Å². The summed E-state index contributed by atoms with van der Waals surface area (Å²) in [5.41, 5.74) is 5.05. The minimum atomic E-state index is -4.05. The van der Waals surface area contributed by atoms with E-state index in [0.717, 1.165) is 15.4 Å². The molecule has 1 heterocycles. The molecule has 3 aromatic carbocycles. The van der Waals surface area contributed by atoms with E-state index in [0.29, 0.717) is 41.9 Å². The lowest BCUT2D eigenvalue weighted by Crippen LogP contribution is -2.39. The first-order valence-electron chi connectivity index (χ1n) is 11.2. The summed E-state index contributed by atoms with van der Waals surface area (Å²) in [7, 11) is -2.55. The van der Waals surface area contributed by atoms with Gasteiger partial charge in [-0.25, -0.2) is 13.8 Å². The topological polar surface area (TPSA) is 107 Å². The molecular weight excluding hydrogens is 482 g/mol. The SMILES string of the molecule is COc1ccc(S(=O)(=O)N(CC(=O)N/N=C(\C)c2ccc3c(c2)OCCO3)c2ccc(C)cc2)cc1. The van der Waals surface area contributed by atoms with Crippen LogP contribution in [0.15, 0.2) is 76.7 Å². The van der Waals surface area contributed by atoms with E-state index in [1.54, 1.807) is 55.5 Å². The van der Waals surface area contributed by atoms with Gasteiger partial charge >= 0.3 is 0 Å². The molecule has 9 nitrogen and oxygen atoms in total.